The van der Waals surface area contributed by atoms with Crippen LogP contribution in [-0.4, -0.2) is 18.7 Å². The molecule has 1 aliphatic rings. The molecule has 0 saturated heterocycles. The van der Waals surface area contributed by atoms with Crippen LogP contribution in [0.25, 0.3) is 6.08 Å². The first kappa shape index (κ1) is 12.0. The molecule has 1 heterocycles. The molecule has 17 heavy (non-hydrogen) atoms. The Hall–Kier alpha value is -1.48. The monoisotopic (exact) mass is 252 g/mol. The lowest BCUT2D eigenvalue weighted by Gasteiger charge is -2.28. The van der Waals surface area contributed by atoms with Gasteiger partial charge in [-0.05, 0) is 32.1 Å². The standard InChI is InChI=1S/C13H13ClO3/c1-13(2)7-6-8-10(17-13)5-4-9(14)11(8)12(15)16-3/h4-7H,1-3H3. The normalized spacial score (nSPS) is 16.0. The molecule has 4 heteroatoms. The van der Waals surface area contributed by atoms with E-state index in [9.17, 15) is 4.79 Å². The summed E-state index contributed by atoms with van der Waals surface area (Å²) in [5.74, 6) is 0.183. The van der Waals surface area contributed by atoms with Crippen molar-refractivity contribution in [1.29, 1.82) is 0 Å². The maximum absolute atomic E-state index is 11.7. The van der Waals surface area contributed by atoms with E-state index in [0.29, 0.717) is 21.9 Å². The van der Waals surface area contributed by atoms with Crippen LogP contribution in [0.5, 0.6) is 5.75 Å². The fourth-order valence-corrected chi connectivity index (χ4v) is 1.98. The molecule has 0 atom stereocenters. The second-order valence-corrected chi connectivity index (χ2v) is 4.77. The molecule has 0 radical (unpaired) electrons. The van der Waals surface area contributed by atoms with E-state index in [1.54, 1.807) is 12.1 Å². The number of carbonyl (C=O) groups is 1. The van der Waals surface area contributed by atoms with Crippen molar-refractivity contribution in [3.8, 4) is 5.75 Å². The summed E-state index contributed by atoms with van der Waals surface area (Å²) in [6.07, 6.45) is 3.73. The lowest BCUT2D eigenvalue weighted by molar-refractivity contribution is 0.0599. The predicted octanol–water partition coefficient (Wildman–Crippen LogP) is 3.31. The third kappa shape index (κ3) is 2.15. The molecule has 0 amide bonds. The molecule has 3 nitrogen and oxygen atoms in total. The molecule has 1 aromatic carbocycles. The molecule has 0 aromatic heterocycles. The molecule has 0 bridgehead atoms. The van der Waals surface area contributed by atoms with Gasteiger partial charge in [0.15, 0.2) is 0 Å². The molecule has 0 N–H and O–H groups in total. The Morgan fingerprint density at radius 1 is 1.41 bits per heavy atom. The minimum Gasteiger partial charge on any atom is -0.483 e. The quantitative estimate of drug-likeness (QED) is 0.720. The van der Waals surface area contributed by atoms with Crippen LogP contribution in [0, 0.1) is 0 Å². The number of hydrogen-bond donors (Lipinski definition) is 0. The van der Waals surface area contributed by atoms with Crippen LogP contribution >= 0.6 is 11.6 Å². The van der Waals surface area contributed by atoms with E-state index in [2.05, 4.69) is 0 Å². The van der Waals surface area contributed by atoms with Crippen LogP contribution in [-0.2, 0) is 4.74 Å². The Morgan fingerprint density at radius 3 is 2.76 bits per heavy atom. The first-order valence-corrected chi connectivity index (χ1v) is 5.61. The van der Waals surface area contributed by atoms with Gasteiger partial charge >= 0.3 is 5.97 Å². The lowest BCUT2D eigenvalue weighted by atomic mass is 9.98. The first-order chi connectivity index (χ1) is 7.94. The van der Waals surface area contributed by atoms with Crippen LogP contribution in [0.1, 0.15) is 29.8 Å². The Labute approximate surface area is 105 Å². The number of ether oxygens (including phenoxy) is 2. The highest BCUT2D eigenvalue weighted by atomic mass is 35.5. The van der Waals surface area contributed by atoms with Gasteiger partial charge in [-0.1, -0.05) is 17.7 Å². The SMILES string of the molecule is COC(=O)c1c(Cl)ccc2c1C=CC(C)(C)O2. The van der Waals surface area contributed by atoms with Crippen LogP contribution < -0.4 is 4.74 Å². The average molecular weight is 253 g/mol. The van der Waals surface area contributed by atoms with E-state index >= 15 is 0 Å². The molecule has 1 aromatic rings. The number of carbonyl (C=O) groups excluding carboxylic acids is 1. The molecule has 2 rings (SSSR count). The Balaban J connectivity index is 2.59. The number of halogens is 1. The van der Waals surface area contributed by atoms with Crippen molar-refractivity contribution in [2.45, 2.75) is 19.4 Å². The maximum atomic E-state index is 11.7. The largest absolute Gasteiger partial charge is 0.483 e. The van der Waals surface area contributed by atoms with Crippen LogP contribution in [0.15, 0.2) is 18.2 Å². The molecule has 0 aliphatic carbocycles. The van der Waals surface area contributed by atoms with Gasteiger partial charge in [0.1, 0.15) is 11.4 Å². The van der Waals surface area contributed by atoms with Gasteiger partial charge in [0.05, 0.1) is 17.7 Å². The van der Waals surface area contributed by atoms with E-state index in [1.165, 1.54) is 7.11 Å². The third-order valence-electron chi connectivity index (χ3n) is 2.57. The summed E-state index contributed by atoms with van der Waals surface area (Å²) in [6, 6.07) is 3.40. The van der Waals surface area contributed by atoms with Gasteiger partial charge in [-0.2, -0.15) is 0 Å². The third-order valence-corrected chi connectivity index (χ3v) is 2.88. The topological polar surface area (TPSA) is 35.5 Å². The zero-order chi connectivity index (χ0) is 12.6. The van der Waals surface area contributed by atoms with Crippen molar-refractivity contribution in [2.75, 3.05) is 7.11 Å². The number of rotatable bonds is 1. The molecular weight excluding hydrogens is 240 g/mol. The van der Waals surface area contributed by atoms with Gasteiger partial charge in [0.25, 0.3) is 0 Å². The van der Waals surface area contributed by atoms with Crippen LogP contribution in [0.3, 0.4) is 0 Å². The highest BCUT2D eigenvalue weighted by Gasteiger charge is 2.26. The fraction of sp³-hybridized carbons (Fsp3) is 0.308. The van der Waals surface area contributed by atoms with Gasteiger partial charge in [0.2, 0.25) is 0 Å². The summed E-state index contributed by atoms with van der Waals surface area (Å²) < 4.78 is 10.5. The van der Waals surface area contributed by atoms with Crippen LogP contribution in [0.4, 0.5) is 0 Å². The second-order valence-electron chi connectivity index (χ2n) is 4.36. The molecule has 1 aliphatic heterocycles. The molecular formula is C13H13ClO3. The van der Waals surface area contributed by atoms with E-state index in [1.807, 2.05) is 26.0 Å². The van der Waals surface area contributed by atoms with Crippen molar-refractivity contribution >= 4 is 23.6 Å². The van der Waals surface area contributed by atoms with Gasteiger partial charge in [-0.25, -0.2) is 4.79 Å². The lowest BCUT2D eigenvalue weighted by Crippen LogP contribution is -2.28. The van der Waals surface area contributed by atoms with Crippen molar-refractivity contribution in [3.05, 3.63) is 34.4 Å². The van der Waals surface area contributed by atoms with Gasteiger partial charge < -0.3 is 9.47 Å². The first-order valence-electron chi connectivity index (χ1n) is 5.24. The van der Waals surface area contributed by atoms with Gasteiger partial charge in [-0.3, -0.25) is 0 Å². The van der Waals surface area contributed by atoms with E-state index < -0.39 is 5.97 Å². The van der Waals surface area contributed by atoms with Gasteiger partial charge in [-0.15, -0.1) is 0 Å². The Bertz CT molecular complexity index is 504. The minimum atomic E-state index is -0.459. The molecule has 0 saturated carbocycles. The number of methoxy groups -OCH3 is 1. The Morgan fingerprint density at radius 2 is 2.12 bits per heavy atom. The second kappa shape index (κ2) is 4.08. The summed E-state index contributed by atoms with van der Waals surface area (Å²) >= 11 is 6.02. The molecule has 90 valence electrons. The summed E-state index contributed by atoms with van der Waals surface area (Å²) in [5, 5.41) is 0.364. The number of fused-ring (bicyclic) bond motifs is 1. The van der Waals surface area contributed by atoms with Crippen molar-refractivity contribution in [1.82, 2.24) is 0 Å². The maximum Gasteiger partial charge on any atom is 0.340 e. The smallest absolute Gasteiger partial charge is 0.340 e. The van der Waals surface area contributed by atoms with E-state index in [-0.39, 0.29) is 5.60 Å². The summed E-state index contributed by atoms with van der Waals surface area (Å²) in [4.78, 5) is 11.7. The summed E-state index contributed by atoms with van der Waals surface area (Å²) in [7, 11) is 1.33. The number of esters is 1. The van der Waals surface area contributed by atoms with Gasteiger partial charge in [0, 0.05) is 5.56 Å². The highest BCUT2D eigenvalue weighted by molar-refractivity contribution is 6.34. The molecule has 0 unspecified atom stereocenters. The fourth-order valence-electron chi connectivity index (χ4n) is 1.74. The Kier molecular flexibility index (Phi) is 2.87. The highest BCUT2D eigenvalue weighted by Crippen LogP contribution is 2.36. The average Bonchev–Trinajstić information content (AvgIpc) is 2.27. The zero-order valence-electron chi connectivity index (χ0n) is 9.91. The summed E-state index contributed by atoms with van der Waals surface area (Å²) in [6.45, 7) is 3.89. The number of benzene rings is 1. The predicted molar refractivity (Wildman–Crippen MR) is 66.5 cm³/mol. The minimum absolute atomic E-state index is 0.346. The van der Waals surface area contributed by atoms with Crippen LogP contribution in [0.2, 0.25) is 5.02 Å². The van der Waals surface area contributed by atoms with Crippen molar-refractivity contribution in [2.24, 2.45) is 0 Å². The zero-order valence-corrected chi connectivity index (χ0v) is 10.7. The van der Waals surface area contributed by atoms with E-state index in [0.717, 1.165) is 0 Å². The summed E-state index contributed by atoms with van der Waals surface area (Å²) in [5.41, 5.74) is 0.635. The number of hydrogen-bond acceptors (Lipinski definition) is 3. The van der Waals surface area contributed by atoms with Crippen molar-refractivity contribution in [3.63, 3.8) is 0 Å². The van der Waals surface area contributed by atoms with E-state index in [4.69, 9.17) is 21.1 Å². The molecule has 0 spiro atoms. The molecule has 0 fully saturated rings. The van der Waals surface area contributed by atoms with Crippen molar-refractivity contribution < 1.29 is 14.3 Å².